The third kappa shape index (κ3) is 6.34. The Morgan fingerprint density at radius 3 is 2.41 bits per heavy atom. The van der Waals surface area contributed by atoms with E-state index in [1.165, 1.54) is 42.7 Å². The second kappa shape index (κ2) is 11.0. The van der Waals surface area contributed by atoms with Gasteiger partial charge in [-0.3, -0.25) is 5.32 Å². The normalized spacial score (nSPS) is 14.5. The van der Waals surface area contributed by atoms with Gasteiger partial charge in [0.05, 0.1) is 17.7 Å². The number of urea groups is 1. The van der Waals surface area contributed by atoms with Crippen molar-refractivity contribution in [2.45, 2.75) is 37.0 Å². The van der Waals surface area contributed by atoms with Crippen LogP contribution in [0.3, 0.4) is 0 Å². The standard InChI is InChI=1S/C24H28N4O4S2/c1-32-20-11-7-18(8-12-20)22-16-33-24(27-22)28-23(29)26-19-9-13-21(14-10-19)34(30,31)25-15-17-5-3-2-4-6-17/h7-14,16-17,25H,2-6,15H2,1H3,(H2,26,27,28,29). The highest BCUT2D eigenvalue weighted by atomic mass is 32.2. The highest BCUT2D eigenvalue weighted by Crippen LogP contribution is 2.27. The summed E-state index contributed by atoms with van der Waals surface area (Å²) in [5.74, 6) is 1.17. The van der Waals surface area contributed by atoms with Crippen LogP contribution in [-0.4, -0.2) is 33.1 Å². The van der Waals surface area contributed by atoms with Crippen LogP contribution in [0, 0.1) is 5.92 Å². The maximum atomic E-state index is 12.6. The number of ether oxygens (including phenoxy) is 1. The second-order valence-corrected chi connectivity index (χ2v) is 10.9. The van der Waals surface area contributed by atoms with E-state index in [2.05, 4.69) is 20.3 Å². The number of methoxy groups -OCH3 is 1. The molecule has 0 unspecified atom stereocenters. The fraction of sp³-hybridized carbons (Fsp3) is 0.333. The lowest BCUT2D eigenvalue weighted by molar-refractivity contribution is 0.262. The summed E-state index contributed by atoms with van der Waals surface area (Å²) in [4.78, 5) is 17.0. The molecule has 10 heteroatoms. The third-order valence-electron chi connectivity index (χ3n) is 5.82. The Morgan fingerprint density at radius 1 is 1.03 bits per heavy atom. The van der Waals surface area contributed by atoms with E-state index in [0.29, 0.717) is 23.3 Å². The number of anilines is 2. The number of hydrogen-bond donors (Lipinski definition) is 3. The summed E-state index contributed by atoms with van der Waals surface area (Å²) < 4.78 is 33.0. The van der Waals surface area contributed by atoms with E-state index in [1.807, 2.05) is 29.6 Å². The van der Waals surface area contributed by atoms with Gasteiger partial charge in [0.1, 0.15) is 5.75 Å². The first-order chi connectivity index (χ1) is 16.4. The van der Waals surface area contributed by atoms with Crippen molar-refractivity contribution < 1.29 is 17.9 Å². The largest absolute Gasteiger partial charge is 0.497 e. The topological polar surface area (TPSA) is 109 Å². The first-order valence-electron chi connectivity index (χ1n) is 11.2. The average Bonchev–Trinajstić information content (AvgIpc) is 3.32. The Kier molecular flexibility index (Phi) is 7.81. The first kappa shape index (κ1) is 24.2. The van der Waals surface area contributed by atoms with Gasteiger partial charge in [-0.25, -0.2) is 22.9 Å². The van der Waals surface area contributed by atoms with Gasteiger partial charge in [0.25, 0.3) is 0 Å². The maximum Gasteiger partial charge on any atom is 0.325 e. The Morgan fingerprint density at radius 2 is 1.74 bits per heavy atom. The van der Waals surface area contributed by atoms with Crippen LogP contribution in [0.15, 0.2) is 58.8 Å². The molecular weight excluding hydrogens is 472 g/mol. The monoisotopic (exact) mass is 500 g/mol. The molecule has 1 fully saturated rings. The van der Waals surface area contributed by atoms with Crippen molar-refractivity contribution >= 4 is 38.2 Å². The molecule has 34 heavy (non-hydrogen) atoms. The smallest absolute Gasteiger partial charge is 0.325 e. The van der Waals surface area contributed by atoms with Crippen LogP contribution in [0.25, 0.3) is 11.3 Å². The van der Waals surface area contributed by atoms with E-state index in [0.717, 1.165) is 29.8 Å². The predicted molar refractivity (Wildman–Crippen MR) is 135 cm³/mol. The molecular formula is C24H28N4O4S2. The van der Waals surface area contributed by atoms with E-state index < -0.39 is 16.1 Å². The molecule has 1 aliphatic rings. The molecule has 8 nitrogen and oxygen atoms in total. The molecule has 4 rings (SSSR count). The number of nitrogens with zero attached hydrogens (tertiary/aromatic N) is 1. The molecule has 3 aromatic rings. The van der Waals surface area contributed by atoms with Crippen molar-refractivity contribution in [1.82, 2.24) is 9.71 Å². The zero-order chi connectivity index (χ0) is 24.0. The van der Waals surface area contributed by atoms with E-state index in [9.17, 15) is 13.2 Å². The van der Waals surface area contributed by atoms with Crippen molar-refractivity contribution in [2.24, 2.45) is 5.92 Å². The van der Waals surface area contributed by atoms with Crippen LogP contribution in [0.1, 0.15) is 32.1 Å². The molecule has 1 aromatic heterocycles. The number of benzene rings is 2. The molecule has 180 valence electrons. The van der Waals surface area contributed by atoms with Gasteiger partial charge >= 0.3 is 6.03 Å². The summed E-state index contributed by atoms with van der Waals surface area (Å²) in [6.07, 6.45) is 5.71. The number of sulfonamides is 1. The van der Waals surface area contributed by atoms with Gasteiger partial charge < -0.3 is 10.1 Å². The van der Waals surface area contributed by atoms with Gasteiger partial charge in [-0.2, -0.15) is 0 Å². The number of amides is 2. The lowest BCUT2D eigenvalue weighted by Crippen LogP contribution is -2.30. The molecule has 0 radical (unpaired) electrons. The molecule has 3 N–H and O–H groups in total. The molecule has 1 aliphatic carbocycles. The molecule has 2 amide bonds. The number of thiazole rings is 1. The Balaban J connectivity index is 1.30. The highest BCUT2D eigenvalue weighted by Gasteiger charge is 2.19. The van der Waals surface area contributed by atoms with Crippen molar-refractivity contribution in [3.05, 3.63) is 53.9 Å². The minimum absolute atomic E-state index is 0.179. The lowest BCUT2D eigenvalue weighted by atomic mass is 9.90. The van der Waals surface area contributed by atoms with Gasteiger partial charge in [-0.1, -0.05) is 19.3 Å². The average molecular weight is 501 g/mol. The van der Waals surface area contributed by atoms with Crippen LogP contribution in [0.5, 0.6) is 5.75 Å². The van der Waals surface area contributed by atoms with Gasteiger partial charge in [0.15, 0.2) is 5.13 Å². The van der Waals surface area contributed by atoms with Gasteiger partial charge in [0, 0.05) is 23.2 Å². The number of carbonyl (C=O) groups is 1. The minimum atomic E-state index is -3.58. The zero-order valence-electron chi connectivity index (χ0n) is 18.9. The number of hydrogen-bond acceptors (Lipinski definition) is 6. The van der Waals surface area contributed by atoms with Crippen LogP contribution < -0.4 is 20.1 Å². The van der Waals surface area contributed by atoms with Crippen LogP contribution in [0.4, 0.5) is 15.6 Å². The SMILES string of the molecule is COc1ccc(-c2csc(NC(=O)Nc3ccc(S(=O)(=O)NCC4CCCCC4)cc3)n2)cc1. The van der Waals surface area contributed by atoms with Gasteiger partial charge in [-0.15, -0.1) is 11.3 Å². The number of nitrogens with one attached hydrogen (secondary N) is 3. The molecule has 1 saturated carbocycles. The van der Waals surface area contributed by atoms with Crippen LogP contribution >= 0.6 is 11.3 Å². The molecule has 1 heterocycles. The molecule has 0 bridgehead atoms. The number of aromatic nitrogens is 1. The van der Waals surface area contributed by atoms with Crippen molar-refractivity contribution in [2.75, 3.05) is 24.3 Å². The van der Waals surface area contributed by atoms with Gasteiger partial charge in [-0.05, 0) is 67.3 Å². The van der Waals surface area contributed by atoms with Crippen molar-refractivity contribution in [1.29, 1.82) is 0 Å². The van der Waals surface area contributed by atoms with Crippen LogP contribution in [-0.2, 0) is 10.0 Å². The summed E-state index contributed by atoms with van der Waals surface area (Å²) in [6, 6.07) is 13.2. The third-order valence-corrected chi connectivity index (χ3v) is 8.02. The second-order valence-electron chi connectivity index (χ2n) is 8.23. The fourth-order valence-electron chi connectivity index (χ4n) is 3.90. The lowest BCUT2D eigenvalue weighted by Gasteiger charge is -2.21. The van der Waals surface area contributed by atoms with E-state index >= 15 is 0 Å². The van der Waals surface area contributed by atoms with E-state index in [1.54, 1.807) is 19.2 Å². The van der Waals surface area contributed by atoms with Crippen molar-refractivity contribution in [3.8, 4) is 17.0 Å². The number of rotatable bonds is 8. The Hall–Kier alpha value is -2.95. The van der Waals surface area contributed by atoms with Gasteiger partial charge in [0.2, 0.25) is 10.0 Å². The fourth-order valence-corrected chi connectivity index (χ4v) is 5.74. The summed E-state index contributed by atoms with van der Waals surface area (Å²) in [6.45, 7) is 0.469. The quantitative estimate of drug-likeness (QED) is 0.388. The maximum absolute atomic E-state index is 12.6. The minimum Gasteiger partial charge on any atom is -0.497 e. The first-order valence-corrected chi connectivity index (χ1v) is 13.6. The van der Waals surface area contributed by atoms with Crippen molar-refractivity contribution in [3.63, 3.8) is 0 Å². The molecule has 0 spiro atoms. The summed E-state index contributed by atoms with van der Waals surface area (Å²) >= 11 is 1.31. The molecule has 2 aromatic carbocycles. The zero-order valence-corrected chi connectivity index (χ0v) is 20.5. The molecule has 0 atom stereocenters. The predicted octanol–water partition coefficient (Wildman–Crippen LogP) is 5.32. The Labute approximate surface area is 203 Å². The summed E-state index contributed by atoms with van der Waals surface area (Å²) in [7, 11) is -1.96. The number of carbonyl (C=O) groups excluding carboxylic acids is 1. The Bertz CT molecular complexity index is 1200. The highest BCUT2D eigenvalue weighted by molar-refractivity contribution is 7.89. The van der Waals surface area contributed by atoms with E-state index in [4.69, 9.17) is 4.74 Å². The summed E-state index contributed by atoms with van der Waals surface area (Å²) in [5.41, 5.74) is 2.15. The molecule has 0 saturated heterocycles. The van der Waals surface area contributed by atoms with E-state index in [-0.39, 0.29) is 4.90 Å². The summed E-state index contributed by atoms with van der Waals surface area (Å²) in [5, 5.41) is 7.72. The molecule has 0 aliphatic heterocycles. The van der Waals surface area contributed by atoms with Crippen LogP contribution in [0.2, 0.25) is 0 Å².